The number of fused-ring (bicyclic) bond motifs is 1. The Kier molecular flexibility index (Phi) is 5.56. The van der Waals surface area contributed by atoms with Gasteiger partial charge in [-0.3, -0.25) is 24.3 Å². The minimum atomic E-state index is -0.994. The zero-order chi connectivity index (χ0) is 22.0. The lowest BCUT2D eigenvalue weighted by atomic mass is 10.1. The van der Waals surface area contributed by atoms with E-state index < -0.39 is 17.2 Å². The number of piperidine rings is 1. The van der Waals surface area contributed by atoms with Gasteiger partial charge in [0.05, 0.1) is 17.8 Å². The summed E-state index contributed by atoms with van der Waals surface area (Å²) in [5.74, 6) is -0.356. The normalized spacial score (nSPS) is 14.4. The van der Waals surface area contributed by atoms with E-state index in [9.17, 15) is 14.4 Å². The second kappa shape index (κ2) is 8.46. The molecule has 3 heterocycles. The molecule has 1 aliphatic heterocycles. The molecule has 0 spiro atoms. The van der Waals surface area contributed by atoms with Crippen LogP contribution in [0.25, 0.3) is 11.2 Å². The Morgan fingerprint density at radius 1 is 1.23 bits per heavy atom. The van der Waals surface area contributed by atoms with Gasteiger partial charge >= 0.3 is 11.7 Å². The van der Waals surface area contributed by atoms with Crippen LogP contribution in [-0.2, 0) is 13.6 Å². The highest BCUT2D eigenvalue weighted by Gasteiger charge is 2.22. The second-order valence-corrected chi connectivity index (χ2v) is 7.37. The van der Waals surface area contributed by atoms with E-state index in [4.69, 9.17) is 5.11 Å². The monoisotopic (exact) mass is 425 g/mol. The molecule has 162 valence electrons. The van der Waals surface area contributed by atoms with Crippen LogP contribution in [0.15, 0.2) is 39.0 Å². The molecule has 3 aromatic rings. The molecule has 3 N–H and O–H groups in total. The summed E-state index contributed by atoms with van der Waals surface area (Å²) in [6.07, 6.45) is 4.84. The third kappa shape index (κ3) is 4.06. The molecule has 0 radical (unpaired) electrons. The number of carboxylic acid groups (broad SMARTS) is 1. The topological polar surface area (TPSA) is 138 Å². The second-order valence-electron chi connectivity index (χ2n) is 7.37. The average Bonchev–Trinajstić information content (AvgIpc) is 3.16. The van der Waals surface area contributed by atoms with Gasteiger partial charge in [-0.2, -0.15) is 10.1 Å². The van der Waals surface area contributed by atoms with Gasteiger partial charge in [0.25, 0.3) is 5.56 Å². The number of H-pyrrole nitrogens is 1. The Hall–Kier alpha value is -3.89. The largest absolute Gasteiger partial charge is 0.478 e. The number of hydrazone groups is 1. The van der Waals surface area contributed by atoms with Gasteiger partial charge in [0.15, 0.2) is 11.2 Å². The minimum Gasteiger partial charge on any atom is -0.478 e. The lowest BCUT2D eigenvalue weighted by molar-refractivity contribution is 0.0697. The number of hydrogen-bond donors (Lipinski definition) is 3. The van der Waals surface area contributed by atoms with Gasteiger partial charge in [0.2, 0.25) is 5.95 Å². The molecule has 0 bridgehead atoms. The molecule has 0 unspecified atom stereocenters. The molecule has 4 rings (SSSR count). The summed E-state index contributed by atoms with van der Waals surface area (Å²) < 4.78 is 3.09. The Morgan fingerprint density at radius 3 is 2.61 bits per heavy atom. The maximum Gasteiger partial charge on any atom is 0.335 e. The van der Waals surface area contributed by atoms with Crippen molar-refractivity contribution < 1.29 is 9.90 Å². The molecular weight excluding hydrogens is 402 g/mol. The van der Waals surface area contributed by atoms with Crippen molar-refractivity contribution in [2.24, 2.45) is 12.1 Å². The number of hydrogen-bond acceptors (Lipinski definition) is 7. The van der Waals surface area contributed by atoms with Gasteiger partial charge in [-0.1, -0.05) is 0 Å². The number of carbonyl (C=O) groups is 1. The summed E-state index contributed by atoms with van der Waals surface area (Å²) in [6, 6.07) is 6.20. The van der Waals surface area contributed by atoms with E-state index in [0.717, 1.165) is 32.4 Å². The van der Waals surface area contributed by atoms with Gasteiger partial charge in [0, 0.05) is 26.4 Å². The van der Waals surface area contributed by atoms with Crippen molar-refractivity contribution in [1.29, 1.82) is 0 Å². The van der Waals surface area contributed by atoms with Gasteiger partial charge in [-0.25, -0.2) is 9.59 Å². The zero-order valence-electron chi connectivity index (χ0n) is 17.0. The quantitative estimate of drug-likeness (QED) is 0.399. The fraction of sp³-hybridized carbons (Fsp3) is 0.350. The fourth-order valence-electron chi connectivity index (χ4n) is 3.66. The number of anilines is 2. The number of aromatic nitrogens is 4. The number of benzene rings is 1. The highest BCUT2D eigenvalue weighted by molar-refractivity contribution is 5.88. The highest BCUT2D eigenvalue weighted by Crippen LogP contribution is 2.22. The maximum atomic E-state index is 12.6. The summed E-state index contributed by atoms with van der Waals surface area (Å²) in [7, 11) is 1.58. The number of aryl methyl sites for hydroxylation is 1. The summed E-state index contributed by atoms with van der Waals surface area (Å²) in [5.41, 5.74) is 3.33. The van der Waals surface area contributed by atoms with Crippen molar-refractivity contribution in [2.75, 3.05) is 23.4 Å². The molecule has 2 aromatic heterocycles. The predicted molar refractivity (Wildman–Crippen MR) is 117 cm³/mol. The Bertz CT molecular complexity index is 1250. The van der Waals surface area contributed by atoms with Crippen LogP contribution in [-0.4, -0.2) is 49.5 Å². The molecule has 1 saturated heterocycles. The molecule has 0 aliphatic carbocycles. The van der Waals surface area contributed by atoms with E-state index in [1.54, 1.807) is 30.0 Å². The summed E-state index contributed by atoms with van der Waals surface area (Å²) in [4.78, 5) is 44.6. The van der Waals surface area contributed by atoms with Gasteiger partial charge < -0.3 is 10.0 Å². The molecule has 0 saturated carbocycles. The molecule has 11 heteroatoms. The number of aromatic carboxylic acids is 1. The first-order chi connectivity index (χ1) is 15.0. The van der Waals surface area contributed by atoms with Crippen molar-refractivity contribution in [3.05, 3.63) is 50.7 Å². The molecule has 0 atom stereocenters. The van der Waals surface area contributed by atoms with Crippen molar-refractivity contribution in [3.8, 4) is 0 Å². The van der Waals surface area contributed by atoms with Crippen LogP contribution < -0.4 is 21.6 Å². The van der Waals surface area contributed by atoms with E-state index in [1.165, 1.54) is 16.7 Å². The van der Waals surface area contributed by atoms with Crippen LogP contribution in [0.3, 0.4) is 0 Å². The van der Waals surface area contributed by atoms with E-state index in [1.807, 2.05) is 0 Å². The van der Waals surface area contributed by atoms with E-state index in [0.29, 0.717) is 22.8 Å². The van der Waals surface area contributed by atoms with E-state index in [-0.39, 0.29) is 12.1 Å². The Morgan fingerprint density at radius 2 is 1.94 bits per heavy atom. The van der Waals surface area contributed by atoms with Crippen molar-refractivity contribution in [1.82, 2.24) is 19.1 Å². The molecule has 1 aliphatic rings. The molecule has 0 amide bonds. The van der Waals surface area contributed by atoms with Crippen LogP contribution in [0.5, 0.6) is 0 Å². The van der Waals surface area contributed by atoms with Crippen LogP contribution in [0.2, 0.25) is 0 Å². The number of nitrogens with zero attached hydrogens (tertiary/aromatic N) is 5. The number of imidazole rings is 1. The summed E-state index contributed by atoms with van der Waals surface area (Å²) >= 11 is 0. The predicted octanol–water partition coefficient (Wildman–Crippen LogP) is 1.21. The first-order valence-electron chi connectivity index (χ1n) is 10.0. The number of nitrogens with one attached hydrogen (secondary N) is 2. The lowest BCUT2D eigenvalue weighted by Gasteiger charge is -2.27. The molecule has 1 fully saturated rings. The third-order valence-electron chi connectivity index (χ3n) is 5.31. The maximum absolute atomic E-state index is 12.6. The van der Waals surface area contributed by atoms with Gasteiger partial charge in [-0.05, 0) is 43.5 Å². The minimum absolute atomic E-state index is 0.190. The molecular formula is C20H23N7O4. The summed E-state index contributed by atoms with van der Waals surface area (Å²) in [5, 5.41) is 13.1. The van der Waals surface area contributed by atoms with E-state index >= 15 is 0 Å². The molecule has 31 heavy (non-hydrogen) atoms. The first kappa shape index (κ1) is 20.4. The smallest absolute Gasteiger partial charge is 0.335 e. The SMILES string of the molecule is Cn1c(=O)[nH]c(=O)c2c1nc(N1CCCCC1)n2CC=NNc1ccc(C(=O)O)cc1. The standard InChI is InChI=1S/C20H23N7O4/c1-25-16-15(17(28)23-20(25)31)27(19(22-16)26-10-3-2-4-11-26)12-9-21-24-14-7-5-13(6-8-14)18(29)30/h5-9,24H,2-4,10-12H2,1H3,(H,29,30)(H,23,28,31). The molecule has 1 aromatic carbocycles. The summed E-state index contributed by atoms with van der Waals surface area (Å²) in [6.45, 7) is 1.94. The van der Waals surface area contributed by atoms with Gasteiger partial charge in [0.1, 0.15) is 0 Å². The lowest BCUT2D eigenvalue weighted by Crippen LogP contribution is -2.32. The number of carboxylic acids is 1. The Labute approximate surface area is 176 Å². The van der Waals surface area contributed by atoms with Crippen LogP contribution in [0.1, 0.15) is 29.6 Å². The van der Waals surface area contributed by atoms with Crippen LogP contribution in [0.4, 0.5) is 11.6 Å². The van der Waals surface area contributed by atoms with Crippen molar-refractivity contribution in [3.63, 3.8) is 0 Å². The fourth-order valence-corrected chi connectivity index (χ4v) is 3.66. The highest BCUT2D eigenvalue weighted by atomic mass is 16.4. The molecule has 11 nitrogen and oxygen atoms in total. The number of aromatic amines is 1. The average molecular weight is 425 g/mol. The van der Waals surface area contributed by atoms with Crippen LogP contribution in [0, 0.1) is 0 Å². The number of rotatable bonds is 6. The zero-order valence-corrected chi connectivity index (χ0v) is 17.0. The van der Waals surface area contributed by atoms with Crippen LogP contribution >= 0.6 is 0 Å². The third-order valence-corrected chi connectivity index (χ3v) is 5.31. The van der Waals surface area contributed by atoms with Crippen molar-refractivity contribution >= 4 is 35.0 Å². The first-order valence-corrected chi connectivity index (χ1v) is 10.0. The van der Waals surface area contributed by atoms with E-state index in [2.05, 4.69) is 25.4 Å². The van der Waals surface area contributed by atoms with Gasteiger partial charge in [-0.15, -0.1) is 0 Å². The van der Waals surface area contributed by atoms with Crippen molar-refractivity contribution in [2.45, 2.75) is 25.8 Å². The Balaban J connectivity index is 1.63.